The zero-order valence-corrected chi connectivity index (χ0v) is 23.3. The Morgan fingerprint density at radius 2 is 1.77 bits per heavy atom. The van der Waals surface area contributed by atoms with Gasteiger partial charge in [0.1, 0.15) is 19.1 Å². The third-order valence-corrected chi connectivity index (χ3v) is 10.5. The molecule has 10 nitrogen and oxygen atoms in total. The Labute approximate surface area is 229 Å². The average Bonchev–Trinajstić information content (AvgIpc) is 3.07. The topological polar surface area (TPSA) is 160 Å². The standard InChI is InChI=1S/C29H44O10/c1-16-13-29-11-8-20-27(3,21(29)7-6-18(16)14-29)9-5-10-28(20,4)26(36)39-25(24(34)35)38-19(17(2)30)15-37-23(33)12-22(31)32/h17-21,24-25,30,34-35H,1,5-15H2,2-4H3,(H,31,32)/t17-,18+,19?,20-,21-,25?,27+,28+,29+/m0/s1. The summed E-state index contributed by atoms with van der Waals surface area (Å²) in [5, 5.41) is 38.8. The molecule has 4 aliphatic carbocycles. The first-order valence-corrected chi connectivity index (χ1v) is 14.2. The van der Waals surface area contributed by atoms with Crippen molar-refractivity contribution in [2.24, 2.45) is 34.0 Å². The van der Waals surface area contributed by atoms with Crippen LogP contribution in [0.5, 0.6) is 0 Å². The molecule has 0 aromatic carbocycles. The first-order chi connectivity index (χ1) is 18.2. The molecule has 0 heterocycles. The van der Waals surface area contributed by atoms with Gasteiger partial charge in [0.25, 0.3) is 6.29 Å². The summed E-state index contributed by atoms with van der Waals surface area (Å²) < 4.78 is 15.9. The number of aliphatic hydroxyl groups excluding tert-OH is 2. The van der Waals surface area contributed by atoms with Crippen LogP contribution in [-0.2, 0) is 28.6 Å². The minimum atomic E-state index is -2.21. The lowest BCUT2D eigenvalue weighted by atomic mass is 9.41. The lowest BCUT2D eigenvalue weighted by Crippen LogP contribution is -2.59. The predicted molar refractivity (Wildman–Crippen MR) is 138 cm³/mol. The Balaban J connectivity index is 1.48. The highest BCUT2D eigenvalue weighted by atomic mass is 16.7. The predicted octanol–water partition coefficient (Wildman–Crippen LogP) is 2.92. The first kappa shape index (κ1) is 30.0. The molecule has 0 amide bonds. The number of ether oxygens (including phenoxy) is 3. The van der Waals surface area contributed by atoms with Crippen molar-refractivity contribution in [3.63, 3.8) is 0 Å². The quantitative estimate of drug-likeness (QED) is 0.137. The fraction of sp³-hybridized carbons (Fsp3) is 0.828. The van der Waals surface area contributed by atoms with Crippen molar-refractivity contribution in [1.29, 1.82) is 0 Å². The summed E-state index contributed by atoms with van der Waals surface area (Å²) in [6, 6.07) is 0. The minimum absolute atomic E-state index is 0.0471. The maximum absolute atomic E-state index is 13.8. The summed E-state index contributed by atoms with van der Waals surface area (Å²) in [6.07, 6.45) is 1.57. The van der Waals surface area contributed by atoms with Crippen molar-refractivity contribution < 1.29 is 49.0 Å². The average molecular weight is 553 g/mol. The van der Waals surface area contributed by atoms with Crippen LogP contribution in [0.1, 0.15) is 85.0 Å². The number of aliphatic hydroxyl groups is 3. The lowest BCUT2D eigenvalue weighted by molar-refractivity contribution is -0.280. The largest absolute Gasteiger partial charge is 0.481 e. The van der Waals surface area contributed by atoms with E-state index in [1.807, 2.05) is 6.92 Å². The molecular formula is C29H44O10. The third-order valence-electron chi connectivity index (χ3n) is 10.5. The van der Waals surface area contributed by atoms with Crippen LogP contribution in [0.4, 0.5) is 0 Å². The number of rotatable bonds is 10. The highest BCUT2D eigenvalue weighted by Gasteiger charge is 2.65. The molecule has 1 spiro atoms. The van der Waals surface area contributed by atoms with Crippen molar-refractivity contribution >= 4 is 17.9 Å². The zero-order chi connectivity index (χ0) is 28.8. The number of allylic oxidation sites excluding steroid dienone is 1. The van der Waals surface area contributed by atoms with Gasteiger partial charge >= 0.3 is 17.9 Å². The van der Waals surface area contributed by atoms with Crippen molar-refractivity contribution in [3.05, 3.63) is 12.2 Å². The Kier molecular flexibility index (Phi) is 8.53. The van der Waals surface area contributed by atoms with Crippen LogP contribution in [0.25, 0.3) is 0 Å². The lowest BCUT2D eigenvalue weighted by Gasteiger charge is -2.63. The second-order valence-electron chi connectivity index (χ2n) is 13.0. The second kappa shape index (κ2) is 11.1. The van der Waals surface area contributed by atoms with Gasteiger partial charge in [-0.15, -0.1) is 0 Å². The van der Waals surface area contributed by atoms with E-state index in [1.165, 1.54) is 18.9 Å². The third kappa shape index (κ3) is 5.62. The highest BCUT2D eigenvalue weighted by Crippen LogP contribution is 2.72. The van der Waals surface area contributed by atoms with E-state index in [2.05, 4.69) is 13.5 Å². The number of carbonyl (C=O) groups is 3. The SMILES string of the molecule is C=C1C[C@@]23CC[C@H]4[C@@](C)(CCC[C@@]4(C)C(=O)OC(OC(COC(=O)CC(=O)O)[C@H](C)O)C(O)O)[C@@H]2CC[C@@H]1C3. The Morgan fingerprint density at radius 3 is 2.41 bits per heavy atom. The Hall–Kier alpha value is -2.01. The molecule has 4 aliphatic rings. The van der Waals surface area contributed by atoms with Gasteiger partial charge in [-0.25, -0.2) is 0 Å². The van der Waals surface area contributed by atoms with Crippen molar-refractivity contribution in [1.82, 2.24) is 0 Å². The van der Waals surface area contributed by atoms with E-state index in [0.717, 1.165) is 44.9 Å². The molecule has 220 valence electrons. The van der Waals surface area contributed by atoms with Crippen LogP contribution in [0.15, 0.2) is 12.2 Å². The van der Waals surface area contributed by atoms with Crippen LogP contribution in [0, 0.1) is 34.0 Å². The maximum atomic E-state index is 13.8. The second-order valence-corrected chi connectivity index (χ2v) is 13.0. The normalized spacial score (nSPS) is 37.8. The fourth-order valence-corrected chi connectivity index (χ4v) is 8.81. The molecule has 4 saturated carbocycles. The van der Waals surface area contributed by atoms with Crippen molar-refractivity contribution in [2.45, 2.75) is 110 Å². The number of hydrogen-bond acceptors (Lipinski definition) is 9. The summed E-state index contributed by atoms with van der Waals surface area (Å²) in [6.45, 7) is 9.40. The van der Waals surface area contributed by atoms with E-state index in [1.54, 1.807) is 0 Å². The van der Waals surface area contributed by atoms with Gasteiger partial charge in [0.2, 0.25) is 6.29 Å². The molecule has 9 atom stereocenters. The molecule has 0 aromatic heterocycles. The van der Waals surface area contributed by atoms with Gasteiger partial charge in [-0.2, -0.15) is 0 Å². The zero-order valence-electron chi connectivity index (χ0n) is 23.3. The van der Waals surface area contributed by atoms with Crippen LogP contribution >= 0.6 is 0 Å². The smallest absolute Gasteiger partial charge is 0.317 e. The molecule has 0 saturated heterocycles. The Bertz CT molecular complexity index is 977. The molecule has 4 fully saturated rings. The van der Waals surface area contributed by atoms with Crippen LogP contribution in [0.2, 0.25) is 0 Å². The van der Waals surface area contributed by atoms with E-state index in [-0.39, 0.29) is 16.7 Å². The monoisotopic (exact) mass is 552 g/mol. The van der Waals surface area contributed by atoms with Gasteiger partial charge in [-0.05, 0) is 93.8 Å². The molecule has 10 heteroatoms. The number of hydrogen-bond donors (Lipinski definition) is 4. The van der Waals surface area contributed by atoms with Gasteiger partial charge in [0.05, 0.1) is 11.5 Å². The number of esters is 2. The number of carboxylic acid groups (broad SMARTS) is 1. The Morgan fingerprint density at radius 1 is 1.05 bits per heavy atom. The van der Waals surface area contributed by atoms with Gasteiger partial charge in [-0.1, -0.05) is 25.5 Å². The summed E-state index contributed by atoms with van der Waals surface area (Å²) in [4.78, 5) is 36.1. The van der Waals surface area contributed by atoms with Crippen LogP contribution < -0.4 is 0 Å². The van der Waals surface area contributed by atoms with E-state index < -0.39 is 61.1 Å². The number of aliphatic carboxylic acids is 1. The van der Waals surface area contributed by atoms with Gasteiger partial charge < -0.3 is 34.6 Å². The first-order valence-electron chi connectivity index (χ1n) is 14.2. The molecule has 2 bridgehead atoms. The molecule has 39 heavy (non-hydrogen) atoms. The number of fused-ring (bicyclic) bond motifs is 3. The van der Waals surface area contributed by atoms with Gasteiger partial charge in [0, 0.05) is 0 Å². The van der Waals surface area contributed by atoms with Gasteiger partial charge in [0.15, 0.2) is 0 Å². The molecular weight excluding hydrogens is 508 g/mol. The van der Waals surface area contributed by atoms with E-state index in [9.17, 15) is 29.7 Å². The van der Waals surface area contributed by atoms with E-state index in [4.69, 9.17) is 19.3 Å². The molecule has 0 aliphatic heterocycles. The maximum Gasteiger partial charge on any atom is 0.317 e. The fourth-order valence-electron chi connectivity index (χ4n) is 8.81. The van der Waals surface area contributed by atoms with Crippen LogP contribution in [-0.4, -0.2) is 69.7 Å². The van der Waals surface area contributed by atoms with Gasteiger partial charge in [-0.3, -0.25) is 14.4 Å². The molecule has 4 N–H and O–H groups in total. The molecule has 0 aromatic rings. The minimum Gasteiger partial charge on any atom is -0.481 e. The van der Waals surface area contributed by atoms with Crippen LogP contribution in [0.3, 0.4) is 0 Å². The van der Waals surface area contributed by atoms with Crippen molar-refractivity contribution in [3.8, 4) is 0 Å². The van der Waals surface area contributed by atoms with E-state index in [0.29, 0.717) is 18.3 Å². The van der Waals surface area contributed by atoms with Crippen molar-refractivity contribution in [2.75, 3.05) is 6.61 Å². The van der Waals surface area contributed by atoms with E-state index >= 15 is 0 Å². The number of carbonyl (C=O) groups excluding carboxylic acids is 2. The summed E-state index contributed by atoms with van der Waals surface area (Å²) in [5.74, 6) is -1.81. The molecule has 4 rings (SSSR count). The summed E-state index contributed by atoms with van der Waals surface area (Å²) in [7, 11) is 0. The highest BCUT2D eigenvalue weighted by molar-refractivity contribution is 5.90. The summed E-state index contributed by atoms with van der Waals surface area (Å²) in [5.41, 5.74) is 0.749. The number of carboxylic acids is 1. The molecule has 0 radical (unpaired) electrons. The summed E-state index contributed by atoms with van der Waals surface area (Å²) >= 11 is 0. The molecule has 2 unspecified atom stereocenters.